The Morgan fingerprint density at radius 2 is 2.12 bits per heavy atom. The summed E-state index contributed by atoms with van der Waals surface area (Å²) in [7, 11) is 1.60. The molecule has 0 bridgehead atoms. The molecule has 3 aromatic rings. The standard InChI is InChI=1S/C19H20N2O4S/c1-4-15-20-18-17(19(24)21(15)8-7-16(22)23)13(10-26-18)12-9-11(2)5-6-14(12)25-3/h5-6,9-10H,4,7-8H2,1-3H3,(H,22,23). The summed E-state index contributed by atoms with van der Waals surface area (Å²) in [5, 5.41) is 11.4. The molecule has 0 radical (unpaired) electrons. The van der Waals surface area contributed by atoms with Crippen molar-refractivity contribution in [3.8, 4) is 16.9 Å². The third-order valence-electron chi connectivity index (χ3n) is 4.28. The Kier molecular flexibility index (Phi) is 5.08. The number of aliphatic carboxylic acids is 1. The van der Waals surface area contributed by atoms with E-state index in [0.717, 1.165) is 16.7 Å². The van der Waals surface area contributed by atoms with Crippen molar-refractivity contribution in [3.05, 3.63) is 45.3 Å². The van der Waals surface area contributed by atoms with E-state index < -0.39 is 5.97 Å². The predicted octanol–water partition coefficient (Wildman–Crippen LogP) is 3.48. The molecule has 0 fully saturated rings. The van der Waals surface area contributed by atoms with Gasteiger partial charge in [0.1, 0.15) is 16.4 Å². The topological polar surface area (TPSA) is 81.4 Å². The molecule has 3 rings (SSSR count). The van der Waals surface area contributed by atoms with Crippen molar-refractivity contribution in [3.63, 3.8) is 0 Å². The van der Waals surface area contributed by atoms with E-state index in [0.29, 0.717) is 28.2 Å². The molecule has 0 atom stereocenters. The Morgan fingerprint density at radius 1 is 1.35 bits per heavy atom. The molecule has 2 heterocycles. The number of fused-ring (bicyclic) bond motifs is 1. The number of hydrogen-bond acceptors (Lipinski definition) is 5. The van der Waals surface area contributed by atoms with Crippen LogP contribution < -0.4 is 10.3 Å². The largest absolute Gasteiger partial charge is 0.496 e. The normalized spacial score (nSPS) is 11.0. The minimum absolute atomic E-state index is 0.112. The van der Waals surface area contributed by atoms with Gasteiger partial charge in [-0.05, 0) is 19.1 Å². The Hall–Kier alpha value is -2.67. The van der Waals surface area contributed by atoms with Gasteiger partial charge in [-0.3, -0.25) is 14.2 Å². The van der Waals surface area contributed by atoms with Crippen molar-refractivity contribution < 1.29 is 14.6 Å². The van der Waals surface area contributed by atoms with Crippen molar-refractivity contribution in [1.29, 1.82) is 0 Å². The number of carboxylic acids is 1. The van der Waals surface area contributed by atoms with E-state index in [4.69, 9.17) is 9.84 Å². The number of hydrogen-bond donors (Lipinski definition) is 1. The van der Waals surface area contributed by atoms with Crippen LogP contribution in [0, 0.1) is 6.92 Å². The van der Waals surface area contributed by atoms with Crippen LogP contribution in [0.25, 0.3) is 21.3 Å². The fourth-order valence-corrected chi connectivity index (χ4v) is 3.95. The number of rotatable bonds is 6. The summed E-state index contributed by atoms with van der Waals surface area (Å²) in [5.41, 5.74) is 2.47. The Labute approximate surface area is 154 Å². The van der Waals surface area contributed by atoms with Crippen LogP contribution in [0.3, 0.4) is 0 Å². The summed E-state index contributed by atoms with van der Waals surface area (Å²) in [6.45, 7) is 4.00. The lowest BCUT2D eigenvalue weighted by atomic mass is 10.0. The highest BCUT2D eigenvalue weighted by Crippen LogP contribution is 2.37. The highest BCUT2D eigenvalue weighted by Gasteiger charge is 2.19. The van der Waals surface area contributed by atoms with Crippen LogP contribution >= 0.6 is 11.3 Å². The first-order chi connectivity index (χ1) is 12.5. The summed E-state index contributed by atoms with van der Waals surface area (Å²) in [4.78, 5) is 29.4. The highest BCUT2D eigenvalue weighted by atomic mass is 32.1. The van der Waals surface area contributed by atoms with E-state index in [1.54, 1.807) is 7.11 Å². The quantitative estimate of drug-likeness (QED) is 0.716. The van der Waals surface area contributed by atoms with Gasteiger partial charge in [-0.1, -0.05) is 18.6 Å². The summed E-state index contributed by atoms with van der Waals surface area (Å²) in [6, 6.07) is 5.82. The van der Waals surface area contributed by atoms with Crippen molar-refractivity contribution in [2.75, 3.05) is 7.11 Å². The first-order valence-corrected chi connectivity index (χ1v) is 9.22. The molecular weight excluding hydrogens is 352 g/mol. The van der Waals surface area contributed by atoms with Gasteiger partial charge in [0, 0.05) is 29.5 Å². The molecule has 2 aromatic heterocycles. The second-order valence-electron chi connectivity index (χ2n) is 6.02. The Morgan fingerprint density at radius 3 is 2.77 bits per heavy atom. The second kappa shape index (κ2) is 7.29. The lowest BCUT2D eigenvalue weighted by Gasteiger charge is -2.12. The minimum atomic E-state index is -0.940. The molecule has 0 spiro atoms. The van der Waals surface area contributed by atoms with Crippen molar-refractivity contribution in [2.24, 2.45) is 0 Å². The molecular formula is C19H20N2O4S. The molecule has 0 aliphatic heterocycles. The summed E-state index contributed by atoms with van der Waals surface area (Å²) < 4.78 is 6.95. The molecule has 6 nitrogen and oxygen atoms in total. The number of benzene rings is 1. The molecule has 0 amide bonds. The van der Waals surface area contributed by atoms with Gasteiger partial charge in [-0.25, -0.2) is 4.98 Å². The van der Waals surface area contributed by atoms with Gasteiger partial charge in [0.15, 0.2) is 0 Å². The number of thiophene rings is 1. The zero-order chi connectivity index (χ0) is 18.8. The van der Waals surface area contributed by atoms with Gasteiger partial charge in [0.25, 0.3) is 5.56 Å². The average Bonchev–Trinajstić information content (AvgIpc) is 3.04. The third kappa shape index (κ3) is 3.22. The number of ether oxygens (including phenoxy) is 1. The maximum absolute atomic E-state index is 13.2. The summed E-state index contributed by atoms with van der Waals surface area (Å²) in [6.07, 6.45) is 0.444. The first-order valence-electron chi connectivity index (χ1n) is 8.34. The van der Waals surface area contributed by atoms with Crippen LogP contribution in [0.15, 0.2) is 28.4 Å². The van der Waals surface area contributed by atoms with E-state index in [9.17, 15) is 9.59 Å². The summed E-state index contributed by atoms with van der Waals surface area (Å²) in [5.74, 6) is 0.352. The SMILES string of the molecule is CCc1nc2scc(-c3cc(C)ccc3OC)c2c(=O)n1CCC(=O)O. The molecule has 1 aromatic carbocycles. The van der Waals surface area contributed by atoms with Crippen LogP contribution in [0.1, 0.15) is 24.7 Å². The van der Waals surface area contributed by atoms with Crippen LogP contribution in [0.5, 0.6) is 5.75 Å². The van der Waals surface area contributed by atoms with Gasteiger partial charge in [0.2, 0.25) is 0 Å². The van der Waals surface area contributed by atoms with Gasteiger partial charge >= 0.3 is 5.97 Å². The van der Waals surface area contributed by atoms with Crippen LogP contribution in [0.2, 0.25) is 0 Å². The Bertz CT molecular complexity index is 1040. The molecule has 136 valence electrons. The molecule has 7 heteroatoms. The number of aryl methyl sites for hydroxylation is 2. The monoisotopic (exact) mass is 372 g/mol. The van der Waals surface area contributed by atoms with Crippen LogP contribution in [-0.2, 0) is 17.8 Å². The predicted molar refractivity (Wildman–Crippen MR) is 102 cm³/mol. The molecule has 26 heavy (non-hydrogen) atoms. The lowest BCUT2D eigenvalue weighted by molar-refractivity contribution is -0.137. The molecule has 0 aliphatic rings. The number of methoxy groups -OCH3 is 1. The van der Waals surface area contributed by atoms with Crippen molar-refractivity contribution in [1.82, 2.24) is 9.55 Å². The third-order valence-corrected chi connectivity index (χ3v) is 5.16. The molecule has 0 unspecified atom stereocenters. The van der Waals surface area contributed by atoms with E-state index in [2.05, 4.69) is 4.98 Å². The van der Waals surface area contributed by atoms with Gasteiger partial charge in [-0.15, -0.1) is 11.3 Å². The fraction of sp³-hybridized carbons (Fsp3) is 0.316. The lowest BCUT2D eigenvalue weighted by Crippen LogP contribution is -2.26. The van der Waals surface area contributed by atoms with Crippen LogP contribution in [0.4, 0.5) is 0 Å². The second-order valence-corrected chi connectivity index (χ2v) is 6.87. The molecule has 0 saturated carbocycles. The average molecular weight is 372 g/mol. The maximum Gasteiger partial charge on any atom is 0.305 e. The van der Waals surface area contributed by atoms with Crippen molar-refractivity contribution in [2.45, 2.75) is 33.2 Å². The molecule has 1 N–H and O–H groups in total. The van der Waals surface area contributed by atoms with E-state index in [1.165, 1.54) is 15.9 Å². The number of nitrogens with zero attached hydrogens (tertiary/aromatic N) is 2. The zero-order valence-corrected chi connectivity index (χ0v) is 15.7. The number of carbonyl (C=O) groups is 1. The molecule has 0 aliphatic carbocycles. The fourth-order valence-electron chi connectivity index (χ4n) is 3.00. The number of carboxylic acid groups (broad SMARTS) is 1. The molecule has 0 saturated heterocycles. The van der Waals surface area contributed by atoms with Gasteiger partial charge in [0.05, 0.1) is 18.9 Å². The zero-order valence-electron chi connectivity index (χ0n) is 14.9. The van der Waals surface area contributed by atoms with Crippen molar-refractivity contribution >= 4 is 27.5 Å². The van der Waals surface area contributed by atoms with E-state index in [-0.39, 0.29) is 18.5 Å². The highest BCUT2D eigenvalue weighted by molar-refractivity contribution is 7.17. The maximum atomic E-state index is 13.2. The van der Waals surface area contributed by atoms with E-state index in [1.807, 2.05) is 37.4 Å². The first kappa shape index (κ1) is 18.1. The minimum Gasteiger partial charge on any atom is -0.496 e. The number of aromatic nitrogens is 2. The smallest absolute Gasteiger partial charge is 0.305 e. The van der Waals surface area contributed by atoms with Gasteiger partial charge < -0.3 is 9.84 Å². The van der Waals surface area contributed by atoms with Crippen LogP contribution in [-0.4, -0.2) is 27.7 Å². The van der Waals surface area contributed by atoms with Gasteiger partial charge in [-0.2, -0.15) is 0 Å². The summed E-state index contributed by atoms with van der Waals surface area (Å²) >= 11 is 1.41. The van der Waals surface area contributed by atoms with E-state index >= 15 is 0 Å². The Balaban J connectivity index is 2.27.